The number of alkyl halides is 6. The number of hydrogen-bond acceptors (Lipinski definition) is 7. The zero-order valence-corrected chi connectivity index (χ0v) is 18.8. The van der Waals surface area contributed by atoms with Crippen LogP contribution in [0.5, 0.6) is 0 Å². The first-order valence-electron chi connectivity index (χ1n) is 9.99. The minimum Gasteiger partial charge on any atom is -0.338 e. The summed E-state index contributed by atoms with van der Waals surface area (Å²) in [4.78, 5) is 25.8. The Bertz CT molecular complexity index is 1400. The van der Waals surface area contributed by atoms with Crippen molar-refractivity contribution >= 4 is 23.2 Å². The van der Waals surface area contributed by atoms with E-state index in [2.05, 4.69) is 40.8 Å². The molecule has 2 amide bonds. The summed E-state index contributed by atoms with van der Waals surface area (Å²) in [5, 5.41) is 12.4. The van der Waals surface area contributed by atoms with Crippen LogP contribution in [0.3, 0.4) is 0 Å². The van der Waals surface area contributed by atoms with Crippen LogP contribution in [0.2, 0.25) is 0 Å². The Balaban J connectivity index is 1.79. The Morgan fingerprint density at radius 2 is 1.75 bits per heavy atom. The molecule has 188 valence electrons. The number of H-pyrrole nitrogens is 1. The number of anilines is 1. The average molecular weight is 528 g/mol. The predicted molar refractivity (Wildman–Crippen MR) is 117 cm³/mol. The number of nitrogens with one attached hydrogen (secondary N) is 3. The fourth-order valence-electron chi connectivity index (χ4n) is 3.02. The highest BCUT2D eigenvalue weighted by atomic mass is 32.1. The first-order valence-corrected chi connectivity index (χ1v) is 10.9. The lowest BCUT2D eigenvalue weighted by Gasteiger charge is -2.11. The lowest BCUT2D eigenvalue weighted by Crippen LogP contribution is -2.28. The van der Waals surface area contributed by atoms with E-state index in [1.165, 1.54) is 30.7 Å². The van der Waals surface area contributed by atoms with Gasteiger partial charge in [-0.2, -0.15) is 26.3 Å². The Morgan fingerprint density at radius 1 is 1.00 bits per heavy atom. The van der Waals surface area contributed by atoms with E-state index in [0.29, 0.717) is 12.1 Å². The van der Waals surface area contributed by atoms with Crippen molar-refractivity contribution in [1.29, 1.82) is 0 Å². The number of thiazole rings is 1. The number of pyridine rings is 2. The molecule has 0 aliphatic rings. The summed E-state index contributed by atoms with van der Waals surface area (Å²) < 4.78 is 78.1. The van der Waals surface area contributed by atoms with Gasteiger partial charge in [0.2, 0.25) is 5.82 Å². The third kappa shape index (κ3) is 5.42. The largest absolute Gasteiger partial charge is 0.451 e. The molecule has 0 fully saturated rings. The minimum absolute atomic E-state index is 0.0249. The van der Waals surface area contributed by atoms with Gasteiger partial charge in [0.1, 0.15) is 10.8 Å². The fourth-order valence-corrected chi connectivity index (χ4v) is 3.87. The van der Waals surface area contributed by atoms with E-state index in [-0.39, 0.29) is 33.3 Å². The van der Waals surface area contributed by atoms with Crippen molar-refractivity contribution in [3.63, 3.8) is 0 Å². The second-order valence-electron chi connectivity index (χ2n) is 7.12. The zero-order chi connectivity index (χ0) is 26.1. The Morgan fingerprint density at radius 3 is 2.39 bits per heavy atom. The number of rotatable bonds is 5. The van der Waals surface area contributed by atoms with E-state index < -0.39 is 29.9 Å². The maximum Gasteiger partial charge on any atom is 0.451 e. The molecule has 0 bridgehead atoms. The van der Waals surface area contributed by atoms with Crippen LogP contribution in [-0.2, 0) is 12.4 Å². The van der Waals surface area contributed by atoms with Gasteiger partial charge >= 0.3 is 18.4 Å². The quantitative estimate of drug-likeness (QED) is 0.305. The topological polar surface area (TPSA) is 121 Å². The van der Waals surface area contributed by atoms with E-state index in [1.807, 2.05) is 0 Å². The molecule has 4 aromatic rings. The second kappa shape index (κ2) is 9.52. The molecule has 36 heavy (non-hydrogen) atoms. The Labute approximate surface area is 202 Å². The van der Waals surface area contributed by atoms with Gasteiger partial charge < -0.3 is 10.3 Å². The number of nitrogens with zero attached hydrogens (tertiary/aromatic N) is 5. The average Bonchev–Trinajstić information content (AvgIpc) is 3.49. The molecule has 9 nitrogen and oxygen atoms in total. The van der Waals surface area contributed by atoms with Crippen LogP contribution in [0, 0.1) is 0 Å². The molecule has 0 unspecified atom stereocenters. The summed E-state index contributed by atoms with van der Waals surface area (Å²) in [7, 11) is 0. The molecule has 4 heterocycles. The van der Waals surface area contributed by atoms with E-state index in [0.717, 1.165) is 16.7 Å². The van der Waals surface area contributed by atoms with Gasteiger partial charge in [0, 0.05) is 52.8 Å². The third-order valence-electron chi connectivity index (χ3n) is 4.59. The normalized spacial score (nSPS) is 12.0. The molecular weight excluding hydrogens is 514 g/mol. The molecular formula is C20H14F6N8OS. The number of carbonyl (C=O) groups excluding carboxylic acids is 1. The monoisotopic (exact) mass is 528 g/mol. The first-order chi connectivity index (χ1) is 17.0. The number of amides is 2. The van der Waals surface area contributed by atoms with E-state index >= 15 is 0 Å². The van der Waals surface area contributed by atoms with Crippen LogP contribution >= 0.6 is 11.3 Å². The number of aromatic amines is 1. The van der Waals surface area contributed by atoms with Crippen LogP contribution in [0.25, 0.3) is 33.1 Å². The number of halogens is 6. The fraction of sp³-hybridized carbons (Fsp3) is 0.200. The minimum atomic E-state index is -4.73. The molecule has 4 rings (SSSR count). The Hall–Kier alpha value is -4.08. The molecule has 4 aromatic heterocycles. The highest BCUT2D eigenvalue weighted by Crippen LogP contribution is 2.39. The molecule has 0 atom stereocenters. The lowest BCUT2D eigenvalue weighted by atomic mass is 10.0. The van der Waals surface area contributed by atoms with Gasteiger partial charge in [-0.05, 0) is 19.1 Å². The van der Waals surface area contributed by atoms with Crippen molar-refractivity contribution in [2.45, 2.75) is 19.3 Å². The standard InChI is InChI=1S/C20H14F6N8OS/c1-2-28-18(35)31-14-4-11(16-30-13(8-36-16)19(21,22)23)12(7-29-14)9-3-10(6-27-5-9)15-32-17(34-33-15)20(24,25)26/h3-8H,2H2,1H3,(H,32,33,34)(H2,28,29,31,35). The molecule has 0 aliphatic heterocycles. The van der Waals surface area contributed by atoms with Gasteiger partial charge in [0.15, 0.2) is 11.5 Å². The summed E-state index contributed by atoms with van der Waals surface area (Å²) in [5.74, 6) is -1.47. The first kappa shape index (κ1) is 25.0. The lowest BCUT2D eigenvalue weighted by molar-refractivity contribution is -0.144. The molecule has 0 saturated heterocycles. The van der Waals surface area contributed by atoms with Crippen molar-refractivity contribution in [2.75, 3.05) is 11.9 Å². The van der Waals surface area contributed by atoms with E-state index in [9.17, 15) is 31.1 Å². The smallest absolute Gasteiger partial charge is 0.338 e. The second-order valence-corrected chi connectivity index (χ2v) is 7.98. The molecule has 0 spiro atoms. The van der Waals surface area contributed by atoms with Crippen LogP contribution in [0.1, 0.15) is 18.4 Å². The SMILES string of the molecule is CCNC(=O)Nc1cc(-c2nc(C(F)(F)F)cs2)c(-c2cncc(-c3nnc(C(F)(F)F)[nH]3)c2)cn1. The molecule has 3 N–H and O–H groups in total. The summed E-state index contributed by atoms with van der Waals surface area (Å²) >= 11 is 0.722. The molecule has 0 aromatic carbocycles. The summed E-state index contributed by atoms with van der Waals surface area (Å²) in [6.45, 7) is 2.02. The van der Waals surface area contributed by atoms with Crippen LogP contribution in [0.4, 0.5) is 37.0 Å². The van der Waals surface area contributed by atoms with Gasteiger partial charge in [-0.1, -0.05) is 0 Å². The van der Waals surface area contributed by atoms with Gasteiger partial charge in [-0.15, -0.1) is 21.5 Å². The maximum absolute atomic E-state index is 13.2. The Kier molecular flexibility index (Phi) is 6.62. The zero-order valence-electron chi connectivity index (χ0n) is 18.0. The number of urea groups is 1. The maximum atomic E-state index is 13.2. The summed E-state index contributed by atoms with van der Waals surface area (Å²) in [6, 6.07) is 2.18. The van der Waals surface area contributed by atoms with Crippen LogP contribution in [-0.4, -0.2) is 42.7 Å². The van der Waals surface area contributed by atoms with Crippen molar-refractivity contribution in [3.05, 3.63) is 47.6 Å². The summed E-state index contributed by atoms with van der Waals surface area (Å²) in [5.41, 5.74) is -0.208. The highest BCUT2D eigenvalue weighted by molar-refractivity contribution is 7.13. The van der Waals surface area contributed by atoms with Crippen molar-refractivity contribution < 1.29 is 31.1 Å². The van der Waals surface area contributed by atoms with Gasteiger partial charge in [-0.25, -0.2) is 14.8 Å². The van der Waals surface area contributed by atoms with Crippen molar-refractivity contribution in [1.82, 2.24) is 35.5 Å². The van der Waals surface area contributed by atoms with Crippen molar-refractivity contribution in [2.24, 2.45) is 0 Å². The predicted octanol–water partition coefficient (Wildman–Crippen LogP) is 5.23. The van der Waals surface area contributed by atoms with Crippen LogP contribution in [0.15, 0.2) is 36.1 Å². The molecule has 16 heteroatoms. The van der Waals surface area contributed by atoms with E-state index in [4.69, 9.17) is 0 Å². The third-order valence-corrected chi connectivity index (χ3v) is 5.46. The van der Waals surface area contributed by atoms with Gasteiger partial charge in [0.25, 0.3) is 0 Å². The number of hydrogen-bond donors (Lipinski definition) is 3. The molecule has 0 aliphatic carbocycles. The molecule has 0 saturated carbocycles. The van der Waals surface area contributed by atoms with E-state index in [1.54, 1.807) is 6.92 Å². The summed E-state index contributed by atoms with van der Waals surface area (Å²) in [6.07, 6.45) is -5.53. The molecule has 0 radical (unpaired) electrons. The number of carbonyl (C=O) groups is 1. The van der Waals surface area contributed by atoms with Crippen molar-refractivity contribution in [3.8, 4) is 33.1 Å². The highest BCUT2D eigenvalue weighted by Gasteiger charge is 2.36. The number of aromatic nitrogens is 6. The van der Waals surface area contributed by atoms with Crippen LogP contribution < -0.4 is 10.6 Å². The van der Waals surface area contributed by atoms with Gasteiger partial charge in [0.05, 0.1) is 0 Å². The van der Waals surface area contributed by atoms with Gasteiger partial charge in [-0.3, -0.25) is 10.3 Å².